The Kier molecular flexibility index (Phi) is 2.32. The molecule has 1 fully saturated rings. The molecule has 1 rings (SSSR count). The smallest absolute Gasteiger partial charge is 0.0660 e. The van der Waals surface area contributed by atoms with E-state index in [-0.39, 0.29) is 6.04 Å². The SMILES string of the molecule is CCC1(O)CCCC(N)C1. The van der Waals surface area contributed by atoms with Crippen LogP contribution >= 0.6 is 0 Å². The van der Waals surface area contributed by atoms with Gasteiger partial charge in [0.05, 0.1) is 5.60 Å². The molecule has 2 atom stereocenters. The quantitative estimate of drug-likeness (QED) is 0.576. The zero-order valence-electron chi connectivity index (χ0n) is 6.64. The Bertz CT molecular complexity index is 116. The Labute approximate surface area is 62.4 Å². The van der Waals surface area contributed by atoms with Crippen LogP contribution in [0.4, 0.5) is 0 Å². The van der Waals surface area contributed by atoms with Crippen molar-refractivity contribution in [2.45, 2.75) is 50.7 Å². The molecule has 0 bridgehead atoms. The molecule has 0 saturated heterocycles. The topological polar surface area (TPSA) is 46.2 Å². The molecular weight excluding hydrogens is 126 g/mol. The highest BCUT2D eigenvalue weighted by molar-refractivity contribution is 4.86. The van der Waals surface area contributed by atoms with Crippen molar-refractivity contribution >= 4 is 0 Å². The van der Waals surface area contributed by atoms with Gasteiger partial charge in [-0.05, 0) is 32.1 Å². The van der Waals surface area contributed by atoms with Crippen molar-refractivity contribution in [3.05, 3.63) is 0 Å². The molecule has 1 saturated carbocycles. The van der Waals surface area contributed by atoms with Crippen molar-refractivity contribution in [3.8, 4) is 0 Å². The third kappa shape index (κ3) is 1.70. The van der Waals surface area contributed by atoms with Gasteiger partial charge in [0.1, 0.15) is 0 Å². The molecule has 2 heteroatoms. The fourth-order valence-corrected chi connectivity index (χ4v) is 1.71. The first-order chi connectivity index (χ1) is 4.66. The van der Waals surface area contributed by atoms with Crippen LogP contribution in [0.15, 0.2) is 0 Å². The Morgan fingerprint density at radius 3 is 2.80 bits per heavy atom. The molecule has 0 aromatic rings. The lowest BCUT2D eigenvalue weighted by Gasteiger charge is -2.34. The van der Waals surface area contributed by atoms with Crippen LogP contribution in [0.1, 0.15) is 39.0 Å². The normalized spacial score (nSPS) is 41.7. The monoisotopic (exact) mass is 143 g/mol. The molecule has 0 aromatic carbocycles. The van der Waals surface area contributed by atoms with Gasteiger partial charge in [-0.1, -0.05) is 6.92 Å². The molecule has 3 N–H and O–H groups in total. The first-order valence-electron chi connectivity index (χ1n) is 4.14. The van der Waals surface area contributed by atoms with E-state index in [1.54, 1.807) is 0 Å². The highest BCUT2D eigenvalue weighted by Gasteiger charge is 2.30. The summed E-state index contributed by atoms with van der Waals surface area (Å²) >= 11 is 0. The summed E-state index contributed by atoms with van der Waals surface area (Å²) in [6, 6.07) is 0.235. The Balaban J connectivity index is 2.45. The van der Waals surface area contributed by atoms with Crippen molar-refractivity contribution in [2.24, 2.45) is 5.73 Å². The zero-order valence-corrected chi connectivity index (χ0v) is 6.64. The van der Waals surface area contributed by atoms with E-state index in [0.29, 0.717) is 0 Å². The predicted octanol–water partition coefficient (Wildman–Crippen LogP) is 1.03. The van der Waals surface area contributed by atoms with Crippen molar-refractivity contribution in [3.63, 3.8) is 0 Å². The molecule has 0 amide bonds. The summed E-state index contributed by atoms with van der Waals surface area (Å²) in [7, 11) is 0. The summed E-state index contributed by atoms with van der Waals surface area (Å²) in [6.45, 7) is 2.03. The number of hydrogen-bond acceptors (Lipinski definition) is 2. The third-order valence-corrected chi connectivity index (χ3v) is 2.52. The van der Waals surface area contributed by atoms with Gasteiger partial charge in [-0.25, -0.2) is 0 Å². The maximum Gasteiger partial charge on any atom is 0.0660 e. The van der Waals surface area contributed by atoms with E-state index in [0.717, 1.165) is 32.1 Å². The van der Waals surface area contributed by atoms with E-state index in [4.69, 9.17) is 5.73 Å². The van der Waals surface area contributed by atoms with E-state index in [2.05, 4.69) is 0 Å². The number of hydrogen-bond donors (Lipinski definition) is 2. The van der Waals surface area contributed by atoms with Gasteiger partial charge in [-0.2, -0.15) is 0 Å². The number of rotatable bonds is 1. The summed E-state index contributed by atoms with van der Waals surface area (Å²) in [5, 5.41) is 9.77. The van der Waals surface area contributed by atoms with Gasteiger partial charge < -0.3 is 10.8 Å². The molecule has 0 aliphatic heterocycles. The second-order valence-electron chi connectivity index (χ2n) is 3.43. The second-order valence-corrected chi connectivity index (χ2v) is 3.43. The minimum atomic E-state index is -0.433. The first kappa shape index (κ1) is 8.02. The van der Waals surface area contributed by atoms with Crippen LogP contribution in [0.25, 0.3) is 0 Å². The van der Waals surface area contributed by atoms with Crippen LogP contribution in [-0.2, 0) is 0 Å². The fraction of sp³-hybridized carbons (Fsp3) is 1.00. The molecule has 1 aliphatic carbocycles. The average Bonchev–Trinajstić information content (AvgIpc) is 1.88. The van der Waals surface area contributed by atoms with Crippen molar-refractivity contribution < 1.29 is 5.11 Å². The van der Waals surface area contributed by atoms with Crippen LogP contribution in [0.2, 0.25) is 0 Å². The first-order valence-corrected chi connectivity index (χ1v) is 4.14. The Morgan fingerprint density at radius 1 is 1.70 bits per heavy atom. The Hall–Kier alpha value is -0.0800. The van der Waals surface area contributed by atoms with Crippen LogP contribution in [-0.4, -0.2) is 16.7 Å². The summed E-state index contributed by atoms with van der Waals surface area (Å²) < 4.78 is 0. The predicted molar refractivity (Wildman–Crippen MR) is 41.7 cm³/mol. The van der Waals surface area contributed by atoms with Gasteiger partial charge in [0.2, 0.25) is 0 Å². The molecule has 0 spiro atoms. The minimum absolute atomic E-state index is 0.235. The standard InChI is InChI=1S/C8H17NO/c1-2-8(10)5-3-4-7(9)6-8/h7,10H,2-6,9H2,1H3. The highest BCUT2D eigenvalue weighted by atomic mass is 16.3. The molecule has 60 valence electrons. The van der Waals surface area contributed by atoms with Gasteiger partial charge in [-0.15, -0.1) is 0 Å². The Morgan fingerprint density at radius 2 is 2.40 bits per heavy atom. The van der Waals surface area contributed by atoms with Gasteiger partial charge >= 0.3 is 0 Å². The lowest BCUT2D eigenvalue weighted by molar-refractivity contribution is -0.00562. The molecule has 0 heterocycles. The average molecular weight is 143 g/mol. The number of nitrogens with two attached hydrogens (primary N) is 1. The fourth-order valence-electron chi connectivity index (χ4n) is 1.71. The van der Waals surface area contributed by atoms with Gasteiger partial charge in [0.15, 0.2) is 0 Å². The van der Waals surface area contributed by atoms with Gasteiger partial charge in [0.25, 0.3) is 0 Å². The number of aliphatic hydroxyl groups is 1. The van der Waals surface area contributed by atoms with E-state index < -0.39 is 5.60 Å². The third-order valence-electron chi connectivity index (χ3n) is 2.52. The van der Waals surface area contributed by atoms with E-state index >= 15 is 0 Å². The van der Waals surface area contributed by atoms with Gasteiger partial charge in [0, 0.05) is 6.04 Å². The zero-order chi connectivity index (χ0) is 7.61. The molecule has 0 radical (unpaired) electrons. The molecule has 2 nitrogen and oxygen atoms in total. The van der Waals surface area contributed by atoms with E-state index in [1.165, 1.54) is 0 Å². The van der Waals surface area contributed by atoms with E-state index in [9.17, 15) is 5.11 Å². The van der Waals surface area contributed by atoms with Crippen molar-refractivity contribution in [1.82, 2.24) is 0 Å². The minimum Gasteiger partial charge on any atom is -0.390 e. The molecule has 1 aliphatic rings. The van der Waals surface area contributed by atoms with Crippen molar-refractivity contribution in [2.75, 3.05) is 0 Å². The maximum absolute atomic E-state index is 9.77. The van der Waals surface area contributed by atoms with Crippen LogP contribution in [0.3, 0.4) is 0 Å². The van der Waals surface area contributed by atoms with Crippen LogP contribution in [0, 0.1) is 0 Å². The van der Waals surface area contributed by atoms with Crippen LogP contribution in [0.5, 0.6) is 0 Å². The summed E-state index contributed by atoms with van der Waals surface area (Å²) in [5.74, 6) is 0. The largest absolute Gasteiger partial charge is 0.390 e. The summed E-state index contributed by atoms with van der Waals surface area (Å²) in [5.41, 5.74) is 5.29. The molecular formula is C8H17NO. The molecule has 0 aromatic heterocycles. The van der Waals surface area contributed by atoms with Crippen LogP contribution < -0.4 is 5.73 Å². The molecule has 2 unspecified atom stereocenters. The van der Waals surface area contributed by atoms with Gasteiger partial charge in [-0.3, -0.25) is 0 Å². The summed E-state index contributed by atoms with van der Waals surface area (Å²) in [6.07, 6.45) is 4.76. The highest BCUT2D eigenvalue weighted by Crippen LogP contribution is 2.29. The van der Waals surface area contributed by atoms with Crippen molar-refractivity contribution in [1.29, 1.82) is 0 Å². The maximum atomic E-state index is 9.77. The lowest BCUT2D eigenvalue weighted by atomic mass is 9.81. The van der Waals surface area contributed by atoms with E-state index in [1.807, 2.05) is 6.92 Å². The summed E-state index contributed by atoms with van der Waals surface area (Å²) in [4.78, 5) is 0. The second kappa shape index (κ2) is 2.89. The molecule has 10 heavy (non-hydrogen) atoms. The lowest BCUT2D eigenvalue weighted by Crippen LogP contribution is -2.40.